The maximum absolute atomic E-state index is 2.93. The van der Waals surface area contributed by atoms with Crippen molar-refractivity contribution in [1.29, 1.82) is 0 Å². The predicted molar refractivity (Wildman–Crippen MR) is 72.2 cm³/mol. The van der Waals surface area contributed by atoms with E-state index in [2.05, 4.69) is 16.8 Å². The molecule has 2 nitrogen and oxygen atoms in total. The average Bonchev–Trinajstić information content (AvgIpc) is 2.39. The van der Waals surface area contributed by atoms with Gasteiger partial charge in [0, 0.05) is 12.1 Å². The topological polar surface area (TPSA) is 6.48 Å². The van der Waals surface area contributed by atoms with E-state index in [1.807, 2.05) is 0 Å². The Morgan fingerprint density at radius 1 is 0.765 bits per heavy atom. The minimum Gasteiger partial charge on any atom is -0.306 e. The van der Waals surface area contributed by atoms with Crippen LogP contribution in [0.2, 0.25) is 0 Å². The summed E-state index contributed by atoms with van der Waals surface area (Å²) in [6.45, 7) is 4.03. The first-order chi connectivity index (χ1) is 8.34. The van der Waals surface area contributed by atoms with E-state index in [1.54, 1.807) is 0 Å². The third kappa shape index (κ3) is 2.53. The molecular weight excluding hydrogens is 208 g/mol. The second-order valence-electron chi connectivity index (χ2n) is 6.53. The smallest absolute Gasteiger partial charge is 0.0126 e. The molecule has 3 rings (SSSR count). The van der Waals surface area contributed by atoms with Crippen LogP contribution >= 0.6 is 0 Å². The van der Waals surface area contributed by atoms with Crippen LogP contribution < -0.4 is 0 Å². The number of piperidine rings is 2. The summed E-state index contributed by atoms with van der Waals surface area (Å²) in [4.78, 5) is 5.43. The van der Waals surface area contributed by atoms with Gasteiger partial charge in [0.25, 0.3) is 0 Å². The van der Waals surface area contributed by atoms with Crippen LogP contribution in [0, 0.1) is 5.92 Å². The Balaban J connectivity index is 1.64. The first-order valence-corrected chi connectivity index (χ1v) is 7.79. The fourth-order valence-corrected chi connectivity index (χ4v) is 4.44. The second kappa shape index (κ2) is 5.27. The van der Waals surface area contributed by atoms with Gasteiger partial charge in [-0.1, -0.05) is 12.8 Å². The summed E-state index contributed by atoms with van der Waals surface area (Å²) in [5.41, 5.74) is 0. The lowest BCUT2D eigenvalue weighted by Gasteiger charge is -2.49. The summed E-state index contributed by atoms with van der Waals surface area (Å²) < 4.78 is 0. The summed E-state index contributed by atoms with van der Waals surface area (Å²) in [5.74, 6) is 1.05. The van der Waals surface area contributed by atoms with Gasteiger partial charge in [-0.2, -0.15) is 0 Å². The number of fused-ring (bicyclic) bond motifs is 1. The van der Waals surface area contributed by atoms with Crippen LogP contribution in [0.15, 0.2) is 0 Å². The summed E-state index contributed by atoms with van der Waals surface area (Å²) >= 11 is 0. The Labute approximate surface area is 106 Å². The van der Waals surface area contributed by atoms with E-state index in [0.29, 0.717) is 0 Å². The molecule has 1 aliphatic carbocycles. The van der Waals surface area contributed by atoms with Gasteiger partial charge in [-0.3, -0.25) is 4.90 Å². The van der Waals surface area contributed by atoms with Gasteiger partial charge in [0.15, 0.2) is 0 Å². The lowest BCUT2D eigenvalue weighted by molar-refractivity contribution is 0.00483. The molecule has 0 radical (unpaired) electrons. The highest BCUT2D eigenvalue weighted by Gasteiger charge is 2.37. The monoisotopic (exact) mass is 236 g/mol. The van der Waals surface area contributed by atoms with Crippen LogP contribution in [0.4, 0.5) is 0 Å². The predicted octanol–water partition coefficient (Wildman–Crippen LogP) is 2.74. The van der Waals surface area contributed by atoms with Gasteiger partial charge in [-0.25, -0.2) is 0 Å². The molecule has 0 amide bonds. The van der Waals surface area contributed by atoms with Gasteiger partial charge in [-0.15, -0.1) is 0 Å². The maximum atomic E-state index is 2.93. The highest BCUT2D eigenvalue weighted by molar-refractivity contribution is 4.92. The molecule has 17 heavy (non-hydrogen) atoms. The molecule has 0 spiro atoms. The first-order valence-electron chi connectivity index (χ1n) is 7.79. The Kier molecular flexibility index (Phi) is 3.72. The fraction of sp³-hybridized carbons (Fsp3) is 1.00. The van der Waals surface area contributed by atoms with E-state index < -0.39 is 0 Å². The van der Waals surface area contributed by atoms with Crippen LogP contribution in [-0.4, -0.2) is 48.6 Å². The van der Waals surface area contributed by atoms with Crippen molar-refractivity contribution in [2.24, 2.45) is 5.92 Å². The van der Waals surface area contributed by atoms with Crippen LogP contribution in [0.3, 0.4) is 0 Å². The molecule has 0 N–H and O–H groups in total. The van der Waals surface area contributed by atoms with E-state index in [-0.39, 0.29) is 0 Å². The molecule has 0 aromatic carbocycles. The zero-order valence-electron chi connectivity index (χ0n) is 11.4. The van der Waals surface area contributed by atoms with Gasteiger partial charge in [0.1, 0.15) is 0 Å². The Morgan fingerprint density at radius 3 is 2.29 bits per heavy atom. The van der Waals surface area contributed by atoms with Crippen molar-refractivity contribution in [2.45, 2.75) is 63.5 Å². The molecule has 1 saturated carbocycles. The van der Waals surface area contributed by atoms with Crippen molar-refractivity contribution >= 4 is 0 Å². The minimum atomic E-state index is 0.914. The largest absolute Gasteiger partial charge is 0.306 e. The SMILES string of the molecule is CN1CCC(N2CCC[C@@H]3CCCC[C@H]32)CC1. The number of hydrogen-bond acceptors (Lipinski definition) is 2. The van der Waals surface area contributed by atoms with E-state index in [1.165, 1.54) is 71.0 Å². The van der Waals surface area contributed by atoms with Gasteiger partial charge in [0.05, 0.1) is 0 Å². The molecule has 2 saturated heterocycles. The fourth-order valence-electron chi connectivity index (χ4n) is 4.44. The summed E-state index contributed by atoms with van der Waals surface area (Å²) in [5, 5.41) is 0. The van der Waals surface area contributed by atoms with Crippen LogP contribution in [0.25, 0.3) is 0 Å². The lowest BCUT2D eigenvalue weighted by Crippen LogP contribution is -2.54. The number of likely N-dealkylation sites (tertiary alicyclic amines) is 2. The molecule has 2 heteroatoms. The quantitative estimate of drug-likeness (QED) is 0.691. The minimum absolute atomic E-state index is 0.914. The van der Waals surface area contributed by atoms with E-state index in [9.17, 15) is 0 Å². The van der Waals surface area contributed by atoms with Gasteiger partial charge >= 0.3 is 0 Å². The van der Waals surface area contributed by atoms with Crippen molar-refractivity contribution < 1.29 is 0 Å². The molecule has 0 bridgehead atoms. The third-order valence-electron chi connectivity index (χ3n) is 5.44. The molecule has 3 aliphatic rings. The van der Waals surface area contributed by atoms with Crippen LogP contribution in [-0.2, 0) is 0 Å². The van der Waals surface area contributed by atoms with Gasteiger partial charge in [-0.05, 0) is 71.1 Å². The summed E-state index contributed by atoms with van der Waals surface area (Å²) in [6, 6.07) is 1.88. The van der Waals surface area contributed by atoms with Gasteiger partial charge in [0.2, 0.25) is 0 Å². The molecule has 2 aliphatic heterocycles. The Bertz CT molecular complexity index is 243. The average molecular weight is 236 g/mol. The molecular formula is C15H28N2. The van der Waals surface area contributed by atoms with Gasteiger partial charge < -0.3 is 4.90 Å². The molecule has 98 valence electrons. The summed E-state index contributed by atoms with van der Waals surface area (Å²) in [7, 11) is 2.27. The normalized spacial score (nSPS) is 37.9. The molecule has 3 fully saturated rings. The molecule has 0 aromatic heterocycles. The van der Waals surface area contributed by atoms with Crippen LogP contribution in [0.1, 0.15) is 51.4 Å². The number of hydrogen-bond donors (Lipinski definition) is 0. The lowest BCUT2D eigenvalue weighted by atomic mass is 9.77. The van der Waals surface area contributed by atoms with Crippen molar-refractivity contribution in [1.82, 2.24) is 9.80 Å². The van der Waals surface area contributed by atoms with E-state index >= 15 is 0 Å². The Hall–Kier alpha value is -0.0800. The van der Waals surface area contributed by atoms with E-state index in [4.69, 9.17) is 0 Å². The first kappa shape index (κ1) is 12.0. The number of nitrogens with zero attached hydrogens (tertiary/aromatic N) is 2. The maximum Gasteiger partial charge on any atom is 0.0126 e. The standard InChI is InChI=1S/C15H28N2/c1-16-11-8-14(9-12-16)17-10-4-6-13-5-2-3-7-15(13)17/h13-15H,2-12H2,1H3/t13-,15+/m0/s1. The highest BCUT2D eigenvalue weighted by atomic mass is 15.2. The molecule has 0 aromatic rings. The highest BCUT2D eigenvalue weighted by Crippen LogP contribution is 2.37. The molecule has 0 unspecified atom stereocenters. The van der Waals surface area contributed by atoms with Crippen molar-refractivity contribution in [3.05, 3.63) is 0 Å². The van der Waals surface area contributed by atoms with Crippen LogP contribution in [0.5, 0.6) is 0 Å². The Morgan fingerprint density at radius 2 is 1.47 bits per heavy atom. The van der Waals surface area contributed by atoms with Crippen molar-refractivity contribution in [2.75, 3.05) is 26.7 Å². The molecule has 2 atom stereocenters. The number of rotatable bonds is 1. The third-order valence-corrected chi connectivity index (χ3v) is 5.44. The second-order valence-corrected chi connectivity index (χ2v) is 6.53. The van der Waals surface area contributed by atoms with Crippen molar-refractivity contribution in [3.8, 4) is 0 Å². The van der Waals surface area contributed by atoms with E-state index in [0.717, 1.165) is 18.0 Å². The summed E-state index contributed by atoms with van der Waals surface area (Å²) in [6.07, 6.45) is 11.8. The zero-order valence-corrected chi connectivity index (χ0v) is 11.4. The zero-order chi connectivity index (χ0) is 11.7. The molecule has 2 heterocycles. The van der Waals surface area contributed by atoms with Crippen molar-refractivity contribution in [3.63, 3.8) is 0 Å².